The number of hydrogen-bond acceptors (Lipinski definition) is 2. The second-order valence-electron chi connectivity index (χ2n) is 5.08. The lowest BCUT2D eigenvalue weighted by atomic mass is 9.92. The Morgan fingerprint density at radius 3 is 2.84 bits per heavy atom. The van der Waals surface area contributed by atoms with Crippen molar-refractivity contribution in [1.82, 2.24) is 4.90 Å². The summed E-state index contributed by atoms with van der Waals surface area (Å²) in [6, 6.07) is 7.48. The summed E-state index contributed by atoms with van der Waals surface area (Å²) in [5, 5.41) is 9.12. The van der Waals surface area contributed by atoms with E-state index in [0.717, 1.165) is 5.56 Å². The molecule has 2 atom stereocenters. The zero-order valence-corrected chi connectivity index (χ0v) is 10.5. The van der Waals surface area contributed by atoms with E-state index in [1.54, 1.807) is 11.0 Å². The molecule has 3 rings (SSSR count). The standard InChI is InChI=1S/C15H15NO3/c17-14-13-4-2-1-3-10(13)5-7-12-8-6-11(15(18)19)9-16(12)14/h1-5,7,11-12H,6,8-9H2,(H,18,19)/t11-,12+/m0/s1. The summed E-state index contributed by atoms with van der Waals surface area (Å²) in [5.41, 5.74) is 1.57. The Morgan fingerprint density at radius 2 is 2.05 bits per heavy atom. The summed E-state index contributed by atoms with van der Waals surface area (Å²) in [7, 11) is 0. The highest BCUT2D eigenvalue weighted by molar-refractivity contribution is 5.99. The van der Waals surface area contributed by atoms with E-state index in [-0.39, 0.29) is 11.9 Å². The zero-order valence-electron chi connectivity index (χ0n) is 10.5. The lowest BCUT2D eigenvalue weighted by Crippen LogP contribution is -2.47. The van der Waals surface area contributed by atoms with Gasteiger partial charge in [-0.25, -0.2) is 0 Å². The van der Waals surface area contributed by atoms with E-state index in [2.05, 4.69) is 0 Å². The van der Waals surface area contributed by atoms with Gasteiger partial charge in [-0.15, -0.1) is 0 Å². The molecule has 4 heteroatoms. The first-order chi connectivity index (χ1) is 9.16. The van der Waals surface area contributed by atoms with Gasteiger partial charge in [0.15, 0.2) is 0 Å². The quantitative estimate of drug-likeness (QED) is 0.837. The van der Waals surface area contributed by atoms with Crippen molar-refractivity contribution < 1.29 is 14.7 Å². The molecule has 1 amide bonds. The van der Waals surface area contributed by atoms with Gasteiger partial charge < -0.3 is 10.0 Å². The third-order valence-electron chi connectivity index (χ3n) is 3.93. The fraction of sp³-hybridized carbons (Fsp3) is 0.333. The minimum absolute atomic E-state index is 0.0236. The molecule has 0 saturated carbocycles. The number of carbonyl (C=O) groups is 2. The van der Waals surface area contributed by atoms with E-state index >= 15 is 0 Å². The number of carboxylic acids is 1. The van der Waals surface area contributed by atoms with Crippen molar-refractivity contribution >= 4 is 18.0 Å². The van der Waals surface area contributed by atoms with Crippen LogP contribution >= 0.6 is 0 Å². The molecule has 0 radical (unpaired) electrons. The molecule has 2 aliphatic heterocycles. The number of benzene rings is 1. The van der Waals surface area contributed by atoms with Gasteiger partial charge >= 0.3 is 5.97 Å². The Hall–Kier alpha value is -2.10. The van der Waals surface area contributed by atoms with E-state index in [1.165, 1.54) is 0 Å². The Morgan fingerprint density at radius 1 is 1.26 bits per heavy atom. The molecular formula is C15H15NO3. The van der Waals surface area contributed by atoms with Gasteiger partial charge in [0.1, 0.15) is 0 Å². The third-order valence-corrected chi connectivity index (χ3v) is 3.93. The van der Waals surface area contributed by atoms with E-state index in [9.17, 15) is 9.59 Å². The van der Waals surface area contributed by atoms with Gasteiger partial charge in [-0.3, -0.25) is 9.59 Å². The Kier molecular flexibility index (Phi) is 2.85. The SMILES string of the molecule is O=C(O)[C@H]1CC[C@H]2C=Cc3ccccc3C(=O)N2C1. The molecular weight excluding hydrogens is 242 g/mol. The molecule has 98 valence electrons. The molecule has 19 heavy (non-hydrogen) atoms. The average Bonchev–Trinajstić information content (AvgIpc) is 2.57. The minimum Gasteiger partial charge on any atom is -0.481 e. The number of piperidine rings is 1. The summed E-state index contributed by atoms with van der Waals surface area (Å²) in [4.78, 5) is 25.3. The van der Waals surface area contributed by atoms with Crippen molar-refractivity contribution in [2.24, 2.45) is 5.92 Å². The van der Waals surface area contributed by atoms with Gasteiger partial charge in [-0.1, -0.05) is 30.4 Å². The number of amides is 1. The van der Waals surface area contributed by atoms with Crippen molar-refractivity contribution in [2.75, 3.05) is 6.54 Å². The highest BCUT2D eigenvalue weighted by Gasteiger charge is 2.35. The van der Waals surface area contributed by atoms with Crippen molar-refractivity contribution in [3.63, 3.8) is 0 Å². The Balaban J connectivity index is 1.96. The van der Waals surface area contributed by atoms with Gasteiger partial charge in [0, 0.05) is 12.1 Å². The lowest BCUT2D eigenvalue weighted by Gasteiger charge is -2.36. The number of rotatable bonds is 1. The molecule has 2 heterocycles. The maximum absolute atomic E-state index is 12.5. The fourth-order valence-electron chi connectivity index (χ4n) is 2.83. The summed E-state index contributed by atoms with van der Waals surface area (Å²) in [6.45, 7) is 0.303. The van der Waals surface area contributed by atoms with Crippen LogP contribution in [0.1, 0.15) is 28.8 Å². The largest absolute Gasteiger partial charge is 0.481 e. The van der Waals surface area contributed by atoms with Crippen molar-refractivity contribution in [1.29, 1.82) is 0 Å². The molecule has 1 aromatic carbocycles. The third kappa shape index (κ3) is 2.03. The summed E-state index contributed by atoms with van der Waals surface area (Å²) < 4.78 is 0. The maximum Gasteiger partial charge on any atom is 0.308 e. The van der Waals surface area contributed by atoms with Crippen LogP contribution in [0, 0.1) is 5.92 Å². The van der Waals surface area contributed by atoms with Gasteiger partial charge in [-0.05, 0) is 24.5 Å². The highest BCUT2D eigenvalue weighted by atomic mass is 16.4. The van der Waals surface area contributed by atoms with Crippen LogP contribution < -0.4 is 0 Å². The number of fused-ring (bicyclic) bond motifs is 2. The summed E-state index contributed by atoms with van der Waals surface area (Å²) in [6.07, 6.45) is 5.33. The van der Waals surface area contributed by atoms with Crippen LogP contribution in [0.5, 0.6) is 0 Å². The molecule has 2 aliphatic rings. The lowest BCUT2D eigenvalue weighted by molar-refractivity contribution is -0.143. The second kappa shape index (κ2) is 4.53. The number of carboxylic acid groups (broad SMARTS) is 1. The van der Waals surface area contributed by atoms with Crippen molar-refractivity contribution in [3.05, 3.63) is 41.5 Å². The van der Waals surface area contributed by atoms with Crippen LogP contribution in [-0.2, 0) is 4.79 Å². The first-order valence-corrected chi connectivity index (χ1v) is 6.48. The van der Waals surface area contributed by atoms with Crippen LogP contribution in [0.25, 0.3) is 6.08 Å². The summed E-state index contributed by atoms with van der Waals surface area (Å²) in [5.74, 6) is -1.32. The van der Waals surface area contributed by atoms with E-state index in [4.69, 9.17) is 5.11 Å². The normalized spacial score (nSPS) is 25.5. The van der Waals surface area contributed by atoms with Gasteiger partial charge in [-0.2, -0.15) is 0 Å². The van der Waals surface area contributed by atoms with Gasteiger partial charge in [0.25, 0.3) is 5.91 Å². The molecule has 4 nitrogen and oxygen atoms in total. The monoisotopic (exact) mass is 257 g/mol. The van der Waals surface area contributed by atoms with E-state index in [1.807, 2.05) is 30.4 Å². The average molecular weight is 257 g/mol. The Labute approximate surface area is 111 Å². The highest BCUT2D eigenvalue weighted by Crippen LogP contribution is 2.29. The predicted molar refractivity (Wildman–Crippen MR) is 70.7 cm³/mol. The molecule has 0 bridgehead atoms. The van der Waals surface area contributed by atoms with Crippen molar-refractivity contribution in [3.8, 4) is 0 Å². The predicted octanol–water partition coefficient (Wildman–Crippen LogP) is 2.02. The first-order valence-electron chi connectivity index (χ1n) is 6.48. The van der Waals surface area contributed by atoms with Crippen LogP contribution in [-0.4, -0.2) is 34.5 Å². The van der Waals surface area contributed by atoms with Gasteiger partial charge in [0.2, 0.25) is 0 Å². The number of carbonyl (C=O) groups excluding carboxylic acids is 1. The second-order valence-corrected chi connectivity index (χ2v) is 5.08. The smallest absolute Gasteiger partial charge is 0.308 e. The molecule has 0 aromatic heterocycles. The molecule has 0 unspecified atom stereocenters. The molecule has 1 saturated heterocycles. The van der Waals surface area contributed by atoms with Crippen LogP contribution in [0.4, 0.5) is 0 Å². The van der Waals surface area contributed by atoms with Crippen LogP contribution in [0.2, 0.25) is 0 Å². The van der Waals surface area contributed by atoms with Crippen molar-refractivity contribution in [2.45, 2.75) is 18.9 Å². The molecule has 1 N–H and O–H groups in total. The first kappa shape index (κ1) is 12.0. The van der Waals surface area contributed by atoms with Crippen LogP contribution in [0.3, 0.4) is 0 Å². The number of nitrogens with zero attached hydrogens (tertiary/aromatic N) is 1. The topological polar surface area (TPSA) is 57.6 Å². The molecule has 1 fully saturated rings. The fourth-order valence-corrected chi connectivity index (χ4v) is 2.83. The number of aliphatic carboxylic acids is 1. The zero-order chi connectivity index (χ0) is 13.4. The van der Waals surface area contributed by atoms with Gasteiger partial charge in [0.05, 0.1) is 12.0 Å². The maximum atomic E-state index is 12.5. The molecule has 0 spiro atoms. The minimum atomic E-state index is -0.812. The van der Waals surface area contributed by atoms with E-state index in [0.29, 0.717) is 24.9 Å². The van der Waals surface area contributed by atoms with Crippen LogP contribution in [0.15, 0.2) is 30.3 Å². The van der Waals surface area contributed by atoms with E-state index < -0.39 is 11.9 Å². The Bertz CT molecular complexity index is 564. The number of hydrogen-bond donors (Lipinski definition) is 1. The molecule has 1 aromatic rings. The summed E-state index contributed by atoms with van der Waals surface area (Å²) >= 11 is 0. The molecule has 0 aliphatic carbocycles.